The monoisotopic (exact) mass is 214 g/mol. The highest BCUT2D eigenvalue weighted by Gasteiger charge is 2.35. The second-order valence-corrected chi connectivity index (χ2v) is 4.64. The van der Waals surface area contributed by atoms with Crippen molar-refractivity contribution in [2.75, 3.05) is 32.7 Å². The Morgan fingerprint density at radius 2 is 1.73 bits per heavy atom. The Balaban J connectivity index is 1.70. The summed E-state index contributed by atoms with van der Waals surface area (Å²) < 4.78 is 0. The lowest BCUT2D eigenvalue weighted by Gasteiger charge is -2.40. The molecule has 0 bridgehead atoms. The molecule has 0 radical (unpaired) electrons. The molecule has 2 unspecified atom stereocenters. The van der Waals surface area contributed by atoms with Gasteiger partial charge in [0.15, 0.2) is 0 Å². The molecule has 15 heavy (non-hydrogen) atoms. The van der Waals surface area contributed by atoms with Crippen molar-refractivity contribution in [1.82, 2.24) is 9.80 Å². The van der Waals surface area contributed by atoms with E-state index in [0.717, 1.165) is 19.6 Å². The number of β-amino-alcohol motifs (C(OH)–C–C–N with tert-alkyl or cyclic N) is 2. The number of nitrogens with zero attached hydrogens (tertiary/aromatic N) is 2. The van der Waals surface area contributed by atoms with E-state index < -0.39 is 12.2 Å². The Morgan fingerprint density at radius 3 is 2.20 bits per heavy atom. The summed E-state index contributed by atoms with van der Waals surface area (Å²) in [5.74, 6) is 0.638. The van der Waals surface area contributed by atoms with Gasteiger partial charge < -0.3 is 15.1 Å². The van der Waals surface area contributed by atoms with Gasteiger partial charge in [-0.1, -0.05) is 0 Å². The molecule has 2 rings (SSSR count). The number of carbonyl (C=O) groups excluding carboxylic acids is 1. The highest BCUT2D eigenvalue weighted by atomic mass is 16.3. The van der Waals surface area contributed by atoms with E-state index in [1.807, 2.05) is 4.90 Å². The molecule has 0 aliphatic carbocycles. The van der Waals surface area contributed by atoms with Gasteiger partial charge >= 0.3 is 0 Å². The van der Waals surface area contributed by atoms with E-state index in [4.69, 9.17) is 0 Å². The SMILES string of the molecule is CC(=O)N1CC(CN2CC(O)C(O)C2)C1. The minimum atomic E-state index is -0.603. The van der Waals surface area contributed by atoms with Crippen LogP contribution in [0.25, 0.3) is 0 Å². The van der Waals surface area contributed by atoms with Gasteiger partial charge in [-0.05, 0) is 0 Å². The van der Waals surface area contributed by atoms with Crippen molar-refractivity contribution in [3.63, 3.8) is 0 Å². The second-order valence-electron chi connectivity index (χ2n) is 4.64. The lowest BCUT2D eigenvalue weighted by atomic mass is 10.00. The molecule has 1 amide bonds. The topological polar surface area (TPSA) is 64.0 Å². The smallest absolute Gasteiger partial charge is 0.219 e. The van der Waals surface area contributed by atoms with Crippen LogP contribution in [-0.4, -0.2) is 70.9 Å². The van der Waals surface area contributed by atoms with Crippen LogP contribution < -0.4 is 0 Å². The molecule has 5 heteroatoms. The normalized spacial score (nSPS) is 33.1. The quantitative estimate of drug-likeness (QED) is 0.587. The first-order valence-corrected chi connectivity index (χ1v) is 5.40. The fraction of sp³-hybridized carbons (Fsp3) is 0.900. The van der Waals surface area contributed by atoms with Gasteiger partial charge in [0.1, 0.15) is 0 Å². The maximum absolute atomic E-state index is 10.9. The molecule has 86 valence electrons. The van der Waals surface area contributed by atoms with Crippen molar-refractivity contribution in [1.29, 1.82) is 0 Å². The summed E-state index contributed by atoms with van der Waals surface area (Å²) >= 11 is 0. The standard InChI is InChI=1S/C10H18N2O3/c1-7(13)12-3-8(4-12)2-11-5-9(14)10(15)6-11/h8-10,14-15H,2-6H2,1H3. The first-order chi connectivity index (χ1) is 7.06. The summed E-state index contributed by atoms with van der Waals surface area (Å²) in [5.41, 5.74) is 0. The minimum Gasteiger partial charge on any atom is -0.389 e. The number of carbonyl (C=O) groups is 1. The van der Waals surface area contributed by atoms with Gasteiger partial charge in [0.05, 0.1) is 12.2 Å². The van der Waals surface area contributed by atoms with E-state index in [1.54, 1.807) is 6.92 Å². The summed E-state index contributed by atoms with van der Waals surface area (Å²) in [6.07, 6.45) is -1.21. The lowest BCUT2D eigenvalue weighted by molar-refractivity contribution is -0.135. The van der Waals surface area contributed by atoms with Crippen LogP contribution in [0.3, 0.4) is 0 Å². The third-order valence-corrected chi connectivity index (χ3v) is 3.25. The third kappa shape index (κ3) is 2.30. The molecular formula is C10H18N2O3. The molecule has 2 atom stereocenters. The molecule has 0 spiro atoms. The van der Waals surface area contributed by atoms with Crippen LogP contribution in [0.2, 0.25) is 0 Å². The number of aliphatic hydroxyl groups excluding tert-OH is 2. The van der Waals surface area contributed by atoms with Crippen LogP contribution in [0.1, 0.15) is 6.92 Å². The fourth-order valence-electron chi connectivity index (χ4n) is 2.30. The van der Waals surface area contributed by atoms with E-state index in [1.165, 1.54) is 0 Å². The van der Waals surface area contributed by atoms with E-state index in [-0.39, 0.29) is 5.91 Å². The average molecular weight is 214 g/mol. The highest BCUT2D eigenvalue weighted by molar-refractivity contribution is 5.74. The van der Waals surface area contributed by atoms with Gasteiger partial charge in [0.2, 0.25) is 5.91 Å². The molecule has 5 nitrogen and oxygen atoms in total. The largest absolute Gasteiger partial charge is 0.389 e. The van der Waals surface area contributed by atoms with Crippen molar-refractivity contribution >= 4 is 5.91 Å². The Hall–Kier alpha value is -0.650. The van der Waals surface area contributed by atoms with Crippen molar-refractivity contribution in [2.45, 2.75) is 19.1 Å². The lowest BCUT2D eigenvalue weighted by Crippen LogP contribution is -2.53. The van der Waals surface area contributed by atoms with Gasteiger partial charge in [-0.25, -0.2) is 0 Å². The van der Waals surface area contributed by atoms with Crippen molar-refractivity contribution in [3.05, 3.63) is 0 Å². The van der Waals surface area contributed by atoms with Gasteiger partial charge in [0, 0.05) is 45.6 Å². The molecule has 2 N–H and O–H groups in total. The molecule has 2 fully saturated rings. The van der Waals surface area contributed by atoms with E-state index in [0.29, 0.717) is 19.0 Å². The molecule has 0 aromatic rings. The van der Waals surface area contributed by atoms with Gasteiger partial charge in [-0.15, -0.1) is 0 Å². The third-order valence-electron chi connectivity index (χ3n) is 3.25. The summed E-state index contributed by atoms with van der Waals surface area (Å²) in [5, 5.41) is 18.7. The Morgan fingerprint density at radius 1 is 1.20 bits per heavy atom. The van der Waals surface area contributed by atoms with Crippen LogP contribution in [0.4, 0.5) is 0 Å². The van der Waals surface area contributed by atoms with E-state index in [9.17, 15) is 15.0 Å². The zero-order valence-electron chi connectivity index (χ0n) is 8.96. The number of amides is 1. The first kappa shape index (κ1) is 10.9. The number of aliphatic hydroxyl groups is 2. The summed E-state index contributed by atoms with van der Waals surface area (Å²) in [7, 11) is 0. The van der Waals surface area contributed by atoms with Crippen molar-refractivity contribution in [3.8, 4) is 0 Å². The molecule has 2 heterocycles. The Labute approximate surface area is 89.3 Å². The zero-order valence-corrected chi connectivity index (χ0v) is 8.96. The van der Waals surface area contributed by atoms with Gasteiger partial charge in [-0.3, -0.25) is 9.69 Å². The summed E-state index contributed by atoms with van der Waals surface area (Å²) in [6.45, 7) is 5.20. The van der Waals surface area contributed by atoms with Crippen LogP contribution in [0, 0.1) is 5.92 Å². The predicted molar refractivity (Wildman–Crippen MR) is 54.2 cm³/mol. The summed E-state index contributed by atoms with van der Waals surface area (Å²) in [4.78, 5) is 14.8. The molecule has 0 saturated carbocycles. The Bertz CT molecular complexity index is 243. The minimum absolute atomic E-state index is 0.132. The molecule has 2 aliphatic rings. The maximum atomic E-state index is 10.9. The first-order valence-electron chi connectivity index (χ1n) is 5.40. The second kappa shape index (κ2) is 4.08. The number of hydrogen-bond donors (Lipinski definition) is 2. The average Bonchev–Trinajstić information content (AvgIpc) is 2.37. The zero-order chi connectivity index (χ0) is 11.0. The maximum Gasteiger partial charge on any atom is 0.219 e. The number of hydrogen-bond acceptors (Lipinski definition) is 4. The van der Waals surface area contributed by atoms with Crippen molar-refractivity contribution in [2.24, 2.45) is 5.92 Å². The Kier molecular flexibility index (Phi) is 2.95. The van der Waals surface area contributed by atoms with E-state index >= 15 is 0 Å². The fourth-order valence-corrected chi connectivity index (χ4v) is 2.30. The summed E-state index contributed by atoms with van der Waals surface area (Å²) in [6, 6.07) is 0. The van der Waals surface area contributed by atoms with Gasteiger partial charge in [-0.2, -0.15) is 0 Å². The molecule has 0 aromatic heterocycles. The van der Waals surface area contributed by atoms with Crippen LogP contribution in [0.15, 0.2) is 0 Å². The molecule has 2 aliphatic heterocycles. The number of likely N-dealkylation sites (tertiary alicyclic amines) is 2. The molecule has 2 saturated heterocycles. The molecular weight excluding hydrogens is 196 g/mol. The predicted octanol–water partition coefficient (Wildman–Crippen LogP) is -1.50. The van der Waals surface area contributed by atoms with Crippen LogP contribution in [0.5, 0.6) is 0 Å². The van der Waals surface area contributed by atoms with Crippen LogP contribution in [-0.2, 0) is 4.79 Å². The van der Waals surface area contributed by atoms with E-state index in [2.05, 4.69) is 4.90 Å². The van der Waals surface area contributed by atoms with Crippen molar-refractivity contribution < 1.29 is 15.0 Å². The van der Waals surface area contributed by atoms with Crippen LogP contribution >= 0.6 is 0 Å². The molecule has 0 aromatic carbocycles. The highest BCUT2D eigenvalue weighted by Crippen LogP contribution is 2.19. The van der Waals surface area contributed by atoms with Gasteiger partial charge in [0.25, 0.3) is 0 Å². The number of rotatable bonds is 2.